The number of hydrogen-bond acceptors (Lipinski definition) is 1. The predicted molar refractivity (Wildman–Crippen MR) is 49.5 cm³/mol. The van der Waals surface area contributed by atoms with Gasteiger partial charge >= 0.3 is 0 Å². The van der Waals surface area contributed by atoms with Gasteiger partial charge in [0.2, 0.25) is 0 Å². The molecule has 67 valence electrons. The summed E-state index contributed by atoms with van der Waals surface area (Å²) < 4.78 is 5.59. The predicted octanol–water partition coefficient (Wildman–Crippen LogP) is 3.19. The summed E-state index contributed by atoms with van der Waals surface area (Å²) in [5.41, 5.74) is 0. The first-order valence-corrected chi connectivity index (χ1v) is 4.69. The second-order valence-electron chi connectivity index (χ2n) is 3.12. The highest BCUT2D eigenvalue weighted by atomic mass is 16.5. The zero-order valence-corrected chi connectivity index (χ0v) is 8.10. The lowest BCUT2D eigenvalue weighted by Crippen LogP contribution is -2.16. The van der Waals surface area contributed by atoms with Crippen LogP contribution in [0.2, 0.25) is 0 Å². The van der Waals surface area contributed by atoms with Gasteiger partial charge in [-0.15, -0.1) is 0 Å². The Morgan fingerprint density at radius 3 is 2.45 bits per heavy atom. The molecule has 0 aliphatic carbocycles. The summed E-state index contributed by atoms with van der Waals surface area (Å²) in [4.78, 5) is 0. The van der Waals surface area contributed by atoms with Crippen molar-refractivity contribution in [1.29, 1.82) is 0 Å². The number of ether oxygens (including phenoxy) is 1. The van der Waals surface area contributed by atoms with Gasteiger partial charge in [0, 0.05) is 0 Å². The zero-order valence-electron chi connectivity index (χ0n) is 8.10. The maximum atomic E-state index is 5.59. The molecule has 0 aliphatic heterocycles. The second-order valence-corrected chi connectivity index (χ2v) is 3.12. The van der Waals surface area contributed by atoms with Gasteiger partial charge in [-0.2, -0.15) is 0 Å². The molecule has 0 aromatic rings. The molecule has 11 heavy (non-hydrogen) atoms. The molecule has 1 heteroatoms. The quantitative estimate of drug-likeness (QED) is 0.575. The van der Waals surface area contributed by atoms with Crippen molar-refractivity contribution in [3.63, 3.8) is 0 Å². The Morgan fingerprint density at radius 1 is 1.36 bits per heavy atom. The van der Waals surface area contributed by atoms with Crippen LogP contribution < -0.4 is 0 Å². The van der Waals surface area contributed by atoms with Gasteiger partial charge < -0.3 is 4.74 Å². The van der Waals surface area contributed by atoms with E-state index in [0.29, 0.717) is 6.10 Å². The van der Waals surface area contributed by atoms with E-state index in [1.807, 2.05) is 0 Å². The zero-order chi connectivity index (χ0) is 8.69. The lowest BCUT2D eigenvalue weighted by atomic mass is 10.2. The number of unbranched alkanes of at least 4 members (excludes halogenated alkanes) is 1. The molecule has 0 rings (SSSR count). The highest BCUT2D eigenvalue weighted by molar-refractivity contribution is 4.61. The minimum Gasteiger partial charge on any atom is -0.375 e. The second kappa shape index (κ2) is 6.66. The van der Waals surface area contributed by atoms with Gasteiger partial charge in [0.05, 0.1) is 12.2 Å². The first kappa shape index (κ1) is 11.0. The number of rotatable bonds is 6. The molecular weight excluding hydrogens is 136 g/mol. The summed E-state index contributed by atoms with van der Waals surface area (Å²) in [5.74, 6) is 0. The summed E-state index contributed by atoms with van der Waals surface area (Å²) in [5, 5.41) is 0. The van der Waals surface area contributed by atoms with E-state index >= 15 is 0 Å². The highest BCUT2D eigenvalue weighted by Crippen LogP contribution is 2.07. The third-order valence-corrected chi connectivity index (χ3v) is 1.88. The Labute approximate surface area is 71.1 Å². The van der Waals surface area contributed by atoms with E-state index in [4.69, 9.17) is 4.74 Å². The van der Waals surface area contributed by atoms with Crippen LogP contribution in [0.4, 0.5) is 0 Å². The standard InChI is InChI=1S/C10H21O/c1-5-7-8-10(4)11-9(3)6-2/h9-10H,4-8H2,1-3H3. The first-order valence-electron chi connectivity index (χ1n) is 4.69. The minimum absolute atomic E-state index is 0.199. The molecular formula is C10H21O. The van der Waals surface area contributed by atoms with E-state index in [9.17, 15) is 0 Å². The van der Waals surface area contributed by atoms with Crippen LogP contribution in [0.5, 0.6) is 0 Å². The van der Waals surface area contributed by atoms with Crippen molar-refractivity contribution in [2.75, 3.05) is 0 Å². The molecule has 0 bridgehead atoms. The lowest BCUT2D eigenvalue weighted by molar-refractivity contribution is 0.0158. The first-order chi connectivity index (χ1) is 5.20. The van der Waals surface area contributed by atoms with Crippen LogP contribution in [0.1, 0.15) is 46.5 Å². The van der Waals surface area contributed by atoms with Gasteiger partial charge in [-0.3, -0.25) is 0 Å². The van der Waals surface area contributed by atoms with Crippen LogP contribution in [-0.2, 0) is 4.74 Å². The molecule has 1 nitrogen and oxygen atoms in total. The van der Waals surface area contributed by atoms with Gasteiger partial charge in [-0.25, -0.2) is 0 Å². The summed E-state index contributed by atoms with van der Waals surface area (Å²) >= 11 is 0. The van der Waals surface area contributed by atoms with Crippen LogP contribution in [0, 0.1) is 6.92 Å². The molecule has 0 heterocycles. The minimum atomic E-state index is 0.199. The van der Waals surface area contributed by atoms with Gasteiger partial charge in [0.1, 0.15) is 0 Å². The van der Waals surface area contributed by atoms with Crippen molar-refractivity contribution in [3.8, 4) is 0 Å². The molecule has 0 aromatic heterocycles. The fraction of sp³-hybridized carbons (Fsp3) is 0.900. The van der Waals surface area contributed by atoms with Gasteiger partial charge in [0.15, 0.2) is 0 Å². The van der Waals surface area contributed by atoms with Crippen molar-refractivity contribution in [1.82, 2.24) is 0 Å². The van der Waals surface area contributed by atoms with E-state index < -0.39 is 0 Å². The smallest absolute Gasteiger partial charge is 0.0579 e. The Morgan fingerprint density at radius 2 is 2.00 bits per heavy atom. The summed E-state index contributed by atoms with van der Waals surface area (Å²) in [6.07, 6.45) is 5.21. The molecule has 0 aromatic carbocycles. The normalized spacial score (nSPS) is 16.4. The molecule has 0 N–H and O–H groups in total. The molecule has 0 fully saturated rings. The molecule has 1 radical (unpaired) electrons. The summed E-state index contributed by atoms with van der Waals surface area (Å²) in [7, 11) is 0. The van der Waals surface area contributed by atoms with Crippen molar-refractivity contribution in [2.45, 2.75) is 58.7 Å². The molecule has 0 saturated heterocycles. The largest absolute Gasteiger partial charge is 0.375 e. The number of hydrogen-bond donors (Lipinski definition) is 0. The Hall–Kier alpha value is -0.0400. The van der Waals surface area contributed by atoms with Crippen LogP contribution in [-0.4, -0.2) is 12.2 Å². The SMILES string of the molecule is [CH2]C(CCCC)OC(C)CC. The average molecular weight is 157 g/mol. The topological polar surface area (TPSA) is 9.23 Å². The van der Waals surface area contributed by atoms with Gasteiger partial charge in [0.25, 0.3) is 0 Å². The van der Waals surface area contributed by atoms with Crippen LogP contribution in [0.25, 0.3) is 0 Å². The monoisotopic (exact) mass is 157 g/mol. The highest BCUT2D eigenvalue weighted by Gasteiger charge is 2.05. The van der Waals surface area contributed by atoms with E-state index in [0.717, 1.165) is 12.8 Å². The fourth-order valence-electron chi connectivity index (χ4n) is 0.925. The maximum absolute atomic E-state index is 5.59. The van der Waals surface area contributed by atoms with Crippen molar-refractivity contribution in [2.24, 2.45) is 0 Å². The van der Waals surface area contributed by atoms with Crippen molar-refractivity contribution >= 4 is 0 Å². The Balaban J connectivity index is 3.27. The third kappa shape index (κ3) is 6.36. The van der Waals surface area contributed by atoms with E-state index in [1.165, 1.54) is 12.8 Å². The van der Waals surface area contributed by atoms with Crippen LogP contribution in [0.15, 0.2) is 0 Å². The maximum Gasteiger partial charge on any atom is 0.0579 e. The Kier molecular flexibility index (Phi) is 6.63. The third-order valence-electron chi connectivity index (χ3n) is 1.88. The van der Waals surface area contributed by atoms with E-state index in [2.05, 4.69) is 27.7 Å². The molecule has 2 atom stereocenters. The van der Waals surface area contributed by atoms with Gasteiger partial charge in [-0.05, 0) is 26.7 Å². The lowest BCUT2D eigenvalue weighted by Gasteiger charge is -2.17. The molecule has 0 aliphatic rings. The van der Waals surface area contributed by atoms with Crippen LogP contribution in [0.3, 0.4) is 0 Å². The average Bonchev–Trinajstić information content (AvgIpc) is 2.00. The summed E-state index contributed by atoms with van der Waals surface area (Å²) in [6, 6.07) is 0. The molecule has 0 amide bonds. The van der Waals surface area contributed by atoms with Crippen molar-refractivity contribution < 1.29 is 4.74 Å². The Bertz CT molecular complexity index is 80.9. The van der Waals surface area contributed by atoms with Crippen LogP contribution >= 0.6 is 0 Å². The molecule has 2 unspecified atom stereocenters. The summed E-state index contributed by atoms with van der Waals surface area (Å²) in [6.45, 7) is 10.4. The van der Waals surface area contributed by atoms with Crippen molar-refractivity contribution in [3.05, 3.63) is 6.92 Å². The van der Waals surface area contributed by atoms with E-state index in [-0.39, 0.29) is 6.10 Å². The van der Waals surface area contributed by atoms with E-state index in [1.54, 1.807) is 0 Å². The molecule has 0 spiro atoms. The molecule has 0 saturated carbocycles. The fourth-order valence-corrected chi connectivity index (χ4v) is 0.925. The van der Waals surface area contributed by atoms with Gasteiger partial charge in [-0.1, -0.05) is 26.7 Å².